The Labute approximate surface area is 131 Å². The van der Waals surface area contributed by atoms with Crippen molar-refractivity contribution in [1.29, 1.82) is 0 Å². The van der Waals surface area contributed by atoms with Crippen molar-refractivity contribution in [1.82, 2.24) is 0 Å². The van der Waals surface area contributed by atoms with Crippen molar-refractivity contribution < 1.29 is 9.53 Å². The molecule has 1 atom stereocenters. The van der Waals surface area contributed by atoms with E-state index in [1.165, 1.54) is 0 Å². The second kappa shape index (κ2) is 7.02. The van der Waals surface area contributed by atoms with Gasteiger partial charge in [-0.3, -0.25) is 4.79 Å². The summed E-state index contributed by atoms with van der Waals surface area (Å²) in [7, 11) is 0. The maximum atomic E-state index is 12.2. The van der Waals surface area contributed by atoms with Gasteiger partial charge in [-0.05, 0) is 36.8 Å². The molecule has 0 aliphatic heterocycles. The molecule has 0 amide bonds. The first kappa shape index (κ1) is 15.2. The van der Waals surface area contributed by atoms with Crippen LogP contribution in [0.15, 0.2) is 53.0 Å². The molecule has 0 aliphatic rings. The first-order valence-corrected chi connectivity index (χ1v) is 7.39. The number of hydrogen-bond acceptors (Lipinski definition) is 2. The molecule has 1 unspecified atom stereocenters. The summed E-state index contributed by atoms with van der Waals surface area (Å²) in [5.41, 5.74) is 1.60. The van der Waals surface area contributed by atoms with Crippen LogP contribution in [0.3, 0.4) is 0 Å². The van der Waals surface area contributed by atoms with Gasteiger partial charge in [0.05, 0.1) is 6.61 Å². The zero-order chi connectivity index (χ0) is 14.5. The lowest BCUT2D eigenvalue weighted by Crippen LogP contribution is -2.20. The van der Waals surface area contributed by atoms with Gasteiger partial charge in [-0.25, -0.2) is 0 Å². The van der Waals surface area contributed by atoms with Gasteiger partial charge in [-0.1, -0.05) is 51.8 Å². The lowest BCUT2D eigenvalue weighted by molar-refractivity contribution is 0.0412. The molecular weight excluding hydrogens is 340 g/mol. The van der Waals surface area contributed by atoms with Gasteiger partial charge in [0.2, 0.25) is 0 Å². The highest BCUT2D eigenvalue weighted by molar-refractivity contribution is 9.10. The van der Waals surface area contributed by atoms with E-state index in [-0.39, 0.29) is 5.78 Å². The smallest absolute Gasteiger partial charge is 0.191 e. The van der Waals surface area contributed by atoms with Crippen molar-refractivity contribution in [3.63, 3.8) is 0 Å². The van der Waals surface area contributed by atoms with E-state index in [1.54, 1.807) is 31.2 Å². The maximum Gasteiger partial charge on any atom is 0.191 e. The summed E-state index contributed by atoms with van der Waals surface area (Å²) >= 11 is 9.26. The van der Waals surface area contributed by atoms with E-state index >= 15 is 0 Å². The van der Waals surface area contributed by atoms with Crippen molar-refractivity contribution in [3.8, 4) is 0 Å². The van der Waals surface area contributed by atoms with Crippen molar-refractivity contribution in [2.45, 2.75) is 19.6 Å². The average molecular weight is 354 g/mol. The molecule has 0 aliphatic carbocycles. The van der Waals surface area contributed by atoms with Crippen LogP contribution in [0.1, 0.15) is 22.8 Å². The highest BCUT2D eigenvalue weighted by Gasteiger charge is 2.16. The van der Waals surface area contributed by atoms with Crippen LogP contribution in [-0.4, -0.2) is 11.9 Å². The molecule has 0 spiro atoms. The van der Waals surface area contributed by atoms with Crippen molar-refractivity contribution in [2.75, 3.05) is 0 Å². The van der Waals surface area contributed by atoms with Gasteiger partial charge in [0.25, 0.3) is 0 Å². The monoisotopic (exact) mass is 352 g/mol. The zero-order valence-corrected chi connectivity index (χ0v) is 13.3. The fourth-order valence-corrected chi connectivity index (χ4v) is 2.21. The van der Waals surface area contributed by atoms with E-state index in [0.29, 0.717) is 17.2 Å². The van der Waals surface area contributed by atoms with Gasteiger partial charge >= 0.3 is 0 Å². The van der Waals surface area contributed by atoms with Gasteiger partial charge in [0.15, 0.2) is 5.78 Å². The molecule has 2 nitrogen and oxygen atoms in total. The Morgan fingerprint density at radius 1 is 1.25 bits per heavy atom. The van der Waals surface area contributed by atoms with Gasteiger partial charge in [-0.2, -0.15) is 0 Å². The fourth-order valence-electron chi connectivity index (χ4n) is 1.75. The normalized spacial score (nSPS) is 12.2. The highest BCUT2D eigenvalue weighted by atomic mass is 79.9. The number of Topliss-reactive ketones (excluding diaryl/α,β-unsaturated/α-hetero) is 1. The second-order valence-corrected chi connectivity index (χ2v) is 5.81. The third kappa shape index (κ3) is 4.17. The van der Waals surface area contributed by atoms with E-state index in [9.17, 15) is 4.79 Å². The summed E-state index contributed by atoms with van der Waals surface area (Å²) < 4.78 is 6.63. The van der Waals surface area contributed by atoms with E-state index in [4.69, 9.17) is 16.3 Å². The average Bonchev–Trinajstić information content (AvgIpc) is 2.45. The minimum absolute atomic E-state index is 0.0652. The lowest BCUT2D eigenvalue weighted by atomic mass is 10.1. The Hall–Kier alpha value is -1.16. The third-order valence-electron chi connectivity index (χ3n) is 2.89. The van der Waals surface area contributed by atoms with Crippen LogP contribution in [0.4, 0.5) is 0 Å². The number of hydrogen-bond donors (Lipinski definition) is 0. The van der Waals surface area contributed by atoms with Crippen LogP contribution in [0.2, 0.25) is 5.02 Å². The number of benzene rings is 2. The van der Waals surface area contributed by atoms with Crippen LogP contribution in [-0.2, 0) is 11.3 Å². The minimum atomic E-state index is -0.503. The number of rotatable bonds is 5. The van der Waals surface area contributed by atoms with Gasteiger partial charge in [-0.15, -0.1) is 0 Å². The highest BCUT2D eigenvalue weighted by Crippen LogP contribution is 2.15. The second-order valence-electron chi connectivity index (χ2n) is 4.45. The summed E-state index contributed by atoms with van der Waals surface area (Å²) in [5.74, 6) is -0.0652. The molecule has 0 saturated carbocycles. The Kier molecular flexibility index (Phi) is 5.35. The molecule has 2 rings (SSSR count). The molecule has 0 aromatic heterocycles. The minimum Gasteiger partial charge on any atom is -0.366 e. The molecule has 0 saturated heterocycles. The Morgan fingerprint density at radius 2 is 1.95 bits per heavy atom. The fraction of sp³-hybridized carbons (Fsp3) is 0.188. The van der Waals surface area contributed by atoms with E-state index in [0.717, 1.165) is 10.0 Å². The first-order valence-electron chi connectivity index (χ1n) is 6.22. The van der Waals surface area contributed by atoms with Crippen LogP contribution in [0.5, 0.6) is 0 Å². The zero-order valence-electron chi connectivity index (χ0n) is 11.0. The molecular formula is C16H14BrClO2. The number of ether oxygens (including phenoxy) is 1. The van der Waals surface area contributed by atoms with Crippen molar-refractivity contribution in [2.24, 2.45) is 0 Å². The van der Waals surface area contributed by atoms with Gasteiger partial charge in [0.1, 0.15) is 6.10 Å². The summed E-state index contributed by atoms with van der Waals surface area (Å²) in [6.07, 6.45) is -0.503. The Morgan fingerprint density at radius 3 is 2.60 bits per heavy atom. The Bertz CT molecular complexity index is 596. The SMILES string of the molecule is CC(OCc1ccc(Br)cc1)C(=O)c1cccc(Cl)c1. The standard InChI is InChI=1S/C16H14BrClO2/c1-11(16(19)13-3-2-4-15(18)9-13)20-10-12-5-7-14(17)8-6-12/h2-9,11H,10H2,1H3. The first-order chi connectivity index (χ1) is 9.56. The number of halogens is 2. The third-order valence-corrected chi connectivity index (χ3v) is 3.66. The molecule has 0 heterocycles. The predicted octanol–water partition coefficient (Wildman–Crippen LogP) is 4.89. The maximum absolute atomic E-state index is 12.2. The van der Waals surface area contributed by atoms with Gasteiger partial charge in [0, 0.05) is 15.1 Å². The Balaban J connectivity index is 1.96. The summed E-state index contributed by atoms with van der Waals surface area (Å²) in [6, 6.07) is 14.7. The van der Waals surface area contributed by atoms with E-state index < -0.39 is 6.10 Å². The van der Waals surface area contributed by atoms with Crippen LogP contribution < -0.4 is 0 Å². The molecule has 104 valence electrons. The van der Waals surface area contributed by atoms with Crippen LogP contribution >= 0.6 is 27.5 Å². The van der Waals surface area contributed by atoms with Gasteiger partial charge < -0.3 is 4.74 Å². The van der Waals surface area contributed by atoms with Crippen LogP contribution in [0.25, 0.3) is 0 Å². The molecule has 2 aromatic carbocycles. The number of ketones is 1. The molecule has 0 bridgehead atoms. The van der Waals surface area contributed by atoms with Crippen molar-refractivity contribution >= 4 is 33.3 Å². The molecule has 4 heteroatoms. The number of carbonyl (C=O) groups excluding carboxylic acids is 1. The molecule has 0 fully saturated rings. The largest absolute Gasteiger partial charge is 0.366 e. The molecule has 20 heavy (non-hydrogen) atoms. The van der Waals surface area contributed by atoms with Crippen molar-refractivity contribution in [3.05, 3.63) is 69.2 Å². The molecule has 0 radical (unpaired) electrons. The molecule has 2 aromatic rings. The molecule has 0 N–H and O–H groups in total. The topological polar surface area (TPSA) is 26.3 Å². The van der Waals surface area contributed by atoms with E-state index in [1.807, 2.05) is 24.3 Å². The number of carbonyl (C=O) groups is 1. The van der Waals surface area contributed by atoms with E-state index in [2.05, 4.69) is 15.9 Å². The summed E-state index contributed by atoms with van der Waals surface area (Å²) in [4.78, 5) is 12.2. The lowest BCUT2D eigenvalue weighted by Gasteiger charge is -2.12. The van der Waals surface area contributed by atoms with Crippen LogP contribution in [0, 0.1) is 0 Å². The summed E-state index contributed by atoms with van der Waals surface area (Å²) in [6.45, 7) is 2.16. The quantitative estimate of drug-likeness (QED) is 0.715. The predicted molar refractivity (Wildman–Crippen MR) is 84.2 cm³/mol. The summed E-state index contributed by atoms with van der Waals surface area (Å²) in [5, 5.41) is 0.552.